The standard InChI is InChI=1S/C59H110NO8P/c1-6-8-10-12-14-16-18-20-22-24-26-27-28-29-30-31-32-33-34-36-38-40-42-44-46-48-50-52-59(62)68-57(56-67-69(63,64)66-54-53-60(3,4)5)55-65-58(61)51-49-47-45-43-41-39-37-35-25-23-21-19-17-15-13-11-9-7-2/h17-20,23-26,57H,6-16,21-22,27-56H2,1-5H3/p+1/b19-17-,20-18-,25-23-,26-24-. The lowest BCUT2D eigenvalue weighted by atomic mass is 10.0. The lowest BCUT2D eigenvalue weighted by Crippen LogP contribution is -2.37. The van der Waals surface area contributed by atoms with Crippen molar-refractivity contribution < 1.29 is 42.1 Å². The first kappa shape index (κ1) is 67.0. The van der Waals surface area contributed by atoms with E-state index in [0.29, 0.717) is 17.4 Å². The number of ether oxygens (including phenoxy) is 2. The number of rotatable bonds is 53. The summed E-state index contributed by atoms with van der Waals surface area (Å²) in [6, 6.07) is 0. The maximum Gasteiger partial charge on any atom is 0.472 e. The highest BCUT2D eigenvalue weighted by Gasteiger charge is 2.27. The molecule has 2 atom stereocenters. The highest BCUT2D eigenvalue weighted by atomic mass is 31.2. The van der Waals surface area contributed by atoms with Crippen LogP contribution in [0.2, 0.25) is 0 Å². The van der Waals surface area contributed by atoms with Crippen LogP contribution in [-0.4, -0.2) is 74.9 Å². The van der Waals surface area contributed by atoms with Crippen LogP contribution >= 0.6 is 7.82 Å². The van der Waals surface area contributed by atoms with Gasteiger partial charge < -0.3 is 18.9 Å². The maximum absolute atomic E-state index is 12.8. The zero-order valence-corrected chi connectivity index (χ0v) is 46.7. The second kappa shape index (κ2) is 50.9. The van der Waals surface area contributed by atoms with Crippen molar-refractivity contribution in [2.24, 2.45) is 0 Å². The summed E-state index contributed by atoms with van der Waals surface area (Å²) in [5.74, 6) is -0.799. The predicted molar refractivity (Wildman–Crippen MR) is 293 cm³/mol. The molecule has 0 bridgehead atoms. The molecule has 0 saturated carbocycles. The van der Waals surface area contributed by atoms with Crippen LogP contribution in [-0.2, 0) is 32.7 Å². The van der Waals surface area contributed by atoms with Crippen LogP contribution in [0.1, 0.15) is 264 Å². The summed E-state index contributed by atoms with van der Waals surface area (Å²) in [5, 5.41) is 0. The fraction of sp³-hybridized carbons (Fsp3) is 0.831. The number of quaternary nitrogens is 1. The Bertz CT molecular complexity index is 1310. The van der Waals surface area contributed by atoms with Crippen LogP contribution in [0.25, 0.3) is 0 Å². The summed E-state index contributed by atoms with van der Waals surface area (Å²) in [7, 11) is 1.48. The summed E-state index contributed by atoms with van der Waals surface area (Å²) in [4.78, 5) is 35.7. The Hall–Kier alpha value is -2.03. The summed E-state index contributed by atoms with van der Waals surface area (Å²) < 4.78 is 34.6. The van der Waals surface area contributed by atoms with E-state index in [1.807, 2.05) is 21.1 Å². The molecule has 0 aromatic rings. The minimum absolute atomic E-state index is 0.0303. The number of hydrogen-bond donors (Lipinski definition) is 1. The quantitative estimate of drug-likeness (QED) is 0.0211. The maximum atomic E-state index is 12.8. The third kappa shape index (κ3) is 55.1. The van der Waals surface area contributed by atoms with E-state index in [9.17, 15) is 19.0 Å². The molecule has 1 N–H and O–H groups in total. The summed E-state index contributed by atoms with van der Waals surface area (Å²) in [6.07, 6.45) is 63.2. The highest BCUT2D eigenvalue weighted by Crippen LogP contribution is 2.43. The van der Waals surface area contributed by atoms with Crippen LogP contribution < -0.4 is 0 Å². The minimum atomic E-state index is -4.39. The fourth-order valence-electron chi connectivity index (χ4n) is 8.08. The van der Waals surface area contributed by atoms with Crippen molar-refractivity contribution in [3.8, 4) is 0 Å². The number of carbonyl (C=O) groups excluding carboxylic acids is 2. The number of esters is 2. The van der Waals surface area contributed by atoms with Gasteiger partial charge in [0.1, 0.15) is 19.8 Å². The van der Waals surface area contributed by atoms with Crippen LogP contribution in [0.4, 0.5) is 0 Å². The summed E-state index contributed by atoms with van der Waals surface area (Å²) in [6.45, 7) is 4.42. The topological polar surface area (TPSA) is 108 Å². The van der Waals surface area contributed by atoms with Crippen molar-refractivity contribution in [3.05, 3.63) is 48.6 Å². The molecule has 69 heavy (non-hydrogen) atoms. The number of likely N-dealkylation sites (N-methyl/N-ethyl adjacent to an activating group) is 1. The van der Waals surface area contributed by atoms with Gasteiger partial charge in [-0.2, -0.15) is 0 Å². The molecule has 0 rings (SSSR count). The van der Waals surface area contributed by atoms with E-state index in [0.717, 1.165) is 57.8 Å². The molecule has 0 saturated heterocycles. The number of carbonyl (C=O) groups is 2. The monoisotopic (exact) mass is 993 g/mol. The van der Waals surface area contributed by atoms with Gasteiger partial charge in [-0.15, -0.1) is 0 Å². The molecule has 0 radical (unpaired) electrons. The average molecular weight is 994 g/mol. The molecule has 0 aliphatic rings. The van der Waals surface area contributed by atoms with E-state index in [4.69, 9.17) is 18.5 Å². The van der Waals surface area contributed by atoms with Gasteiger partial charge in [0.15, 0.2) is 6.10 Å². The number of allylic oxidation sites excluding steroid dienone is 8. The van der Waals surface area contributed by atoms with Gasteiger partial charge >= 0.3 is 19.8 Å². The van der Waals surface area contributed by atoms with Gasteiger partial charge in [-0.1, -0.05) is 223 Å². The van der Waals surface area contributed by atoms with E-state index >= 15 is 0 Å². The normalized spacial score (nSPS) is 13.7. The molecular formula is C59H111NO8P+. The minimum Gasteiger partial charge on any atom is -0.462 e. The van der Waals surface area contributed by atoms with E-state index in [-0.39, 0.29) is 32.0 Å². The average Bonchev–Trinajstić information content (AvgIpc) is 3.31. The van der Waals surface area contributed by atoms with Crippen molar-refractivity contribution in [1.29, 1.82) is 0 Å². The fourth-order valence-corrected chi connectivity index (χ4v) is 8.82. The number of phosphoric ester groups is 1. The molecule has 0 aromatic heterocycles. The third-order valence-corrected chi connectivity index (χ3v) is 13.6. The Labute approximate surface area is 426 Å². The van der Waals surface area contributed by atoms with Gasteiger partial charge in [0.2, 0.25) is 0 Å². The molecule has 0 heterocycles. The summed E-state index contributed by atoms with van der Waals surface area (Å²) >= 11 is 0. The Morgan fingerprint density at radius 2 is 0.783 bits per heavy atom. The number of phosphoric acid groups is 1. The first-order chi connectivity index (χ1) is 33.5. The Morgan fingerprint density at radius 1 is 0.449 bits per heavy atom. The van der Waals surface area contributed by atoms with Gasteiger partial charge in [0.05, 0.1) is 27.7 Å². The van der Waals surface area contributed by atoms with Crippen LogP contribution in [0.3, 0.4) is 0 Å². The highest BCUT2D eigenvalue weighted by molar-refractivity contribution is 7.47. The smallest absolute Gasteiger partial charge is 0.462 e. The molecular weight excluding hydrogens is 882 g/mol. The molecule has 404 valence electrons. The van der Waals surface area contributed by atoms with Crippen molar-refractivity contribution in [2.75, 3.05) is 47.5 Å². The van der Waals surface area contributed by atoms with E-state index in [1.165, 1.54) is 173 Å². The lowest BCUT2D eigenvalue weighted by molar-refractivity contribution is -0.870. The molecule has 0 aliphatic carbocycles. The molecule has 10 heteroatoms. The Kier molecular flexibility index (Phi) is 49.4. The molecule has 0 aliphatic heterocycles. The molecule has 0 amide bonds. The van der Waals surface area contributed by atoms with Gasteiger partial charge in [-0.25, -0.2) is 4.57 Å². The first-order valence-corrected chi connectivity index (χ1v) is 30.4. The first-order valence-electron chi connectivity index (χ1n) is 28.9. The van der Waals surface area contributed by atoms with Crippen LogP contribution in [0.5, 0.6) is 0 Å². The third-order valence-electron chi connectivity index (χ3n) is 12.6. The zero-order valence-electron chi connectivity index (χ0n) is 45.8. The van der Waals surface area contributed by atoms with Crippen molar-refractivity contribution in [1.82, 2.24) is 0 Å². The van der Waals surface area contributed by atoms with Crippen molar-refractivity contribution in [2.45, 2.75) is 270 Å². The van der Waals surface area contributed by atoms with Crippen molar-refractivity contribution in [3.63, 3.8) is 0 Å². The molecule has 0 fully saturated rings. The van der Waals surface area contributed by atoms with Crippen molar-refractivity contribution >= 4 is 19.8 Å². The van der Waals surface area contributed by atoms with Gasteiger partial charge in [-0.05, 0) is 77.0 Å². The summed E-state index contributed by atoms with van der Waals surface area (Å²) in [5.41, 5.74) is 0. The van der Waals surface area contributed by atoms with E-state index < -0.39 is 26.5 Å². The molecule has 2 unspecified atom stereocenters. The second-order valence-corrected chi connectivity index (χ2v) is 22.1. The lowest BCUT2D eigenvalue weighted by Gasteiger charge is -2.24. The Morgan fingerprint density at radius 3 is 1.16 bits per heavy atom. The zero-order chi connectivity index (χ0) is 50.6. The molecule has 9 nitrogen and oxygen atoms in total. The van der Waals surface area contributed by atoms with Crippen LogP contribution in [0, 0.1) is 0 Å². The SMILES string of the molecule is CCCCCC/C=C\C/C=C\CCCCCCCCCC(=O)OCC(COP(=O)(O)OCC[N+](C)(C)C)OC(=O)CCCCCCCCCCCCCCCCC/C=C\C/C=C\CCCCCCC. The number of unbranched alkanes of at least 4 members (excludes halogenated alkanes) is 31. The molecule has 0 aromatic carbocycles. The predicted octanol–water partition coefficient (Wildman–Crippen LogP) is 17.8. The number of nitrogens with zero attached hydrogens (tertiary/aromatic N) is 1. The van der Waals surface area contributed by atoms with E-state index in [1.54, 1.807) is 0 Å². The Balaban J connectivity index is 4.14. The second-order valence-electron chi connectivity index (χ2n) is 20.7. The molecule has 0 spiro atoms. The van der Waals surface area contributed by atoms with Gasteiger partial charge in [-0.3, -0.25) is 18.6 Å². The van der Waals surface area contributed by atoms with Crippen LogP contribution in [0.15, 0.2) is 48.6 Å². The van der Waals surface area contributed by atoms with Gasteiger partial charge in [0, 0.05) is 12.8 Å². The van der Waals surface area contributed by atoms with E-state index in [2.05, 4.69) is 62.5 Å². The number of hydrogen-bond acceptors (Lipinski definition) is 7. The van der Waals surface area contributed by atoms with Gasteiger partial charge in [0.25, 0.3) is 0 Å². The largest absolute Gasteiger partial charge is 0.472 e.